The van der Waals surface area contributed by atoms with Gasteiger partial charge in [-0.05, 0) is 24.6 Å². The summed E-state index contributed by atoms with van der Waals surface area (Å²) in [5.74, 6) is 0. The van der Waals surface area contributed by atoms with Gasteiger partial charge in [-0.1, -0.05) is 31.2 Å². The standard InChI is InChI=1S/C12H19NO/c1-4-10-7-5-6-8-11(10)12(13-2)9-14-3/h5-8,12-13H,4,9H2,1-3H3. The van der Waals surface area contributed by atoms with E-state index < -0.39 is 0 Å². The second-order valence-corrected chi connectivity index (χ2v) is 3.35. The molecular weight excluding hydrogens is 174 g/mol. The van der Waals surface area contributed by atoms with E-state index in [0.717, 1.165) is 6.42 Å². The van der Waals surface area contributed by atoms with Crippen LogP contribution < -0.4 is 5.32 Å². The minimum atomic E-state index is 0.302. The van der Waals surface area contributed by atoms with E-state index in [0.29, 0.717) is 12.6 Å². The number of aryl methyl sites for hydroxylation is 1. The molecule has 0 aliphatic carbocycles. The third kappa shape index (κ3) is 2.56. The molecule has 0 spiro atoms. The number of rotatable bonds is 5. The third-order valence-corrected chi connectivity index (χ3v) is 2.49. The van der Waals surface area contributed by atoms with E-state index in [4.69, 9.17) is 4.74 Å². The number of methoxy groups -OCH3 is 1. The summed E-state index contributed by atoms with van der Waals surface area (Å²) in [6, 6.07) is 8.81. The fourth-order valence-corrected chi connectivity index (χ4v) is 1.69. The quantitative estimate of drug-likeness (QED) is 0.773. The van der Waals surface area contributed by atoms with Crippen molar-refractivity contribution in [2.45, 2.75) is 19.4 Å². The van der Waals surface area contributed by atoms with Gasteiger partial charge >= 0.3 is 0 Å². The zero-order chi connectivity index (χ0) is 10.4. The molecule has 1 aromatic carbocycles. The van der Waals surface area contributed by atoms with Crippen molar-refractivity contribution in [1.82, 2.24) is 5.32 Å². The van der Waals surface area contributed by atoms with Gasteiger partial charge in [0.1, 0.15) is 0 Å². The Kier molecular flexibility index (Phi) is 4.63. The van der Waals surface area contributed by atoms with Gasteiger partial charge in [0.2, 0.25) is 0 Å². The molecule has 1 N–H and O–H groups in total. The zero-order valence-electron chi connectivity index (χ0n) is 9.21. The number of likely N-dealkylation sites (N-methyl/N-ethyl adjacent to an activating group) is 1. The summed E-state index contributed by atoms with van der Waals surface area (Å²) in [5, 5.41) is 3.27. The molecule has 1 atom stereocenters. The smallest absolute Gasteiger partial charge is 0.0657 e. The Hall–Kier alpha value is -0.860. The summed E-state index contributed by atoms with van der Waals surface area (Å²) in [6.07, 6.45) is 1.07. The molecule has 14 heavy (non-hydrogen) atoms. The van der Waals surface area contributed by atoms with E-state index in [1.54, 1.807) is 7.11 Å². The van der Waals surface area contributed by atoms with E-state index in [1.165, 1.54) is 11.1 Å². The van der Waals surface area contributed by atoms with Crippen molar-refractivity contribution < 1.29 is 4.74 Å². The van der Waals surface area contributed by atoms with E-state index in [2.05, 4.69) is 36.5 Å². The van der Waals surface area contributed by atoms with Crippen LogP contribution in [-0.4, -0.2) is 20.8 Å². The van der Waals surface area contributed by atoms with Crippen molar-refractivity contribution in [3.8, 4) is 0 Å². The predicted octanol–water partition coefficient (Wildman–Crippen LogP) is 2.16. The van der Waals surface area contributed by atoms with Crippen LogP contribution in [-0.2, 0) is 11.2 Å². The molecular formula is C12H19NO. The van der Waals surface area contributed by atoms with Crippen LogP contribution in [0.3, 0.4) is 0 Å². The molecule has 0 saturated heterocycles. The van der Waals surface area contributed by atoms with E-state index in [9.17, 15) is 0 Å². The van der Waals surface area contributed by atoms with Crippen molar-refractivity contribution in [3.63, 3.8) is 0 Å². The molecule has 78 valence electrons. The van der Waals surface area contributed by atoms with Gasteiger partial charge in [-0.2, -0.15) is 0 Å². The molecule has 0 radical (unpaired) electrons. The lowest BCUT2D eigenvalue weighted by Crippen LogP contribution is -2.22. The first-order valence-electron chi connectivity index (χ1n) is 5.07. The zero-order valence-corrected chi connectivity index (χ0v) is 9.21. The average molecular weight is 193 g/mol. The summed E-state index contributed by atoms with van der Waals surface area (Å²) < 4.78 is 5.19. The maximum atomic E-state index is 5.19. The van der Waals surface area contributed by atoms with Gasteiger partial charge < -0.3 is 10.1 Å². The summed E-state index contributed by atoms with van der Waals surface area (Å²) in [4.78, 5) is 0. The van der Waals surface area contributed by atoms with E-state index in [1.807, 2.05) is 7.05 Å². The Balaban J connectivity index is 2.90. The third-order valence-electron chi connectivity index (χ3n) is 2.49. The van der Waals surface area contributed by atoms with Crippen molar-refractivity contribution in [3.05, 3.63) is 35.4 Å². The molecule has 0 aromatic heterocycles. The fraction of sp³-hybridized carbons (Fsp3) is 0.500. The molecule has 0 fully saturated rings. The Morgan fingerprint density at radius 1 is 1.36 bits per heavy atom. The maximum absolute atomic E-state index is 5.19. The monoisotopic (exact) mass is 193 g/mol. The number of ether oxygens (including phenoxy) is 1. The van der Waals surface area contributed by atoms with Gasteiger partial charge in [0.25, 0.3) is 0 Å². The van der Waals surface area contributed by atoms with Gasteiger partial charge in [-0.15, -0.1) is 0 Å². The number of nitrogens with one attached hydrogen (secondary N) is 1. The summed E-state index contributed by atoms with van der Waals surface area (Å²) in [7, 11) is 3.70. The molecule has 2 nitrogen and oxygen atoms in total. The summed E-state index contributed by atoms with van der Waals surface area (Å²) in [5.41, 5.74) is 2.74. The number of benzene rings is 1. The van der Waals surface area contributed by atoms with Crippen molar-refractivity contribution in [2.75, 3.05) is 20.8 Å². The maximum Gasteiger partial charge on any atom is 0.0657 e. The minimum absolute atomic E-state index is 0.302. The molecule has 0 aliphatic rings. The van der Waals surface area contributed by atoms with Crippen molar-refractivity contribution in [2.24, 2.45) is 0 Å². The normalized spacial score (nSPS) is 12.8. The lowest BCUT2D eigenvalue weighted by Gasteiger charge is -2.18. The van der Waals surface area contributed by atoms with Crippen LogP contribution in [0.15, 0.2) is 24.3 Å². The number of hydrogen-bond donors (Lipinski definition) is 1. The molecule has 0 bridgehead atoms. The molecule has 1 unspecified atom stereocenters. The first-order valence-corrected chi connectivity index (χ1v) is 5.07. The highest BCUT2D eigenvalue weighted by molar-refractivity contribution is 5.30. The first-order chi connectivity index (χ1) is 6.83. The van der Waals surface area contributed by atoms with Crippen molar-refractivity contribution in [1.29, 1.82) is 0 Å². The van der Waals surface area contributed by atoms with Crippen LogP contribution in [0, 0.1) is 0 Å². The predicted molar refractivity (Wildman–Crippen MR) is 59.5 cm³/mol. The van der Waals surface area contributed by atoms with Crippen LogP contribution in [0.2, 0.25) is 0 Å². The molecule has 0 aliphatic heterocycles. The average Bonchev–Trinajstić information content (AvgIpc) is 2.26. The highest BCUT2D eigenvalue weighted by atomic mass is 16.5. The van der Waals surface area contributed by atoms with Crippen LogP contribution in [0.1, 0.15) is 24.1 Å². The Bertz CT molecular complexity index is 273. The largest absolute Gasteiger partial charge is 0.383 e. The molecule has 0 saturated carbocycles. The van der Waals surface area contributed by atoms with Gasteiger partial charge in [0.15, 0.2) is 0 Å². The second kappa shape index (κ2) is 5.78. The lowest BCUT2D eigenvalue weighted by molar-refractivity contribution is 0.170. The van der Waals surface area contributed by atoms with Crippen molar-refractivity contribution >= 4 is 0 Å². The molecule has 1 aromatic rings. The topological polar surface area (TPSA) is 21.3 Å². The highest BCUT2D eigenvalue weighted by Crippen LogP contribution is 2.18. The summed E-state index contributed by atoms with van der Waals surface area (Å²) in [6.45, 7) is 2.89. The van der Waals surface area contributed by atoms with Gasteiger partial charge in [-0.3, -0.25) is 0 Å². The Morgan fingerprint density at radius 3 is 2.64 bits per heavy atom. The van der Waals surface area contributed by atoms with E-state index >= 15 is 0 Å². The van der Waals surface area contributed by atoms with Gasteiger partial charge in [-0.25, -0.2) is 0 Å². The van der Waals surface area contributed by atoms with Gasteiger partial charge in [0, 0.05) is 7.11 Å². The van der Waals surface area contributed by atoms with Crippen LogP contribution in [0.25, 0.3) is 0 Å². The van der Waals surface area contributed by atoms with E-state index in [-0.39, 0.29) is 0 Å². The lowest BCUT2D eigenvalue weighted by atomic mass is 9.99. The molecule has 2 heteroatoms. The van der Waals surface area contributed by atoms with Crippen LogP contribution >= 0.6 is 0 Å². The summed E-state index contributed by atoms with van der Waals surface area (Å²) >= 11 is 0. The SMILES string of the molecule is CCc1ccccc1C(COC)NC. The van der Waals surface area contributed by atoms with Crippen LogP contribution in [0.5, 0.6) is 0 Å². The van der Waals surface area contributed by atoms with Crippen LogP contribution in [0.4, 0.5) is 0 Å². The molecule has 1 rings (SSSR count). The Morgan fingerprint density at radius 2 is 2.07 bits per heavy atom. The second-order valence-electron chi connectivity index (χ2n) is 3.35. The fourth-order valence-electron chi connectivity index (χ4n) is 1.69. The van der Waals surface area contributed by atoms with Gasteiger partial charge in [0.05, 0.1) is 12.6 Å². The highest BCUT2D eigenvalue weighted by Gasteiger charge is 2.11. The molecule has 0 amide bonds. The first kappa shape index (κ1) is 11.2. The molecule has 0 heterocycles. The number of hydrogen-bond acceptors (Lipinski definition) is 2. The Labute approximate surface area is 86.3 Å². The minimum Gasteiger partial charge on any atom is -0.383 e.